The maximum atomic E-state index is 11.9. The van der Waals surface area contributed by atoms with Crippen LogP contribution in [0.4, 0.5) is 0 Å². The third-order valence-corrected chi connectivity index (χ3v) is 2.57. The molecule has 0 bridgehead atoms. The Morgan fingerprint density at radius 3 is 2.10 bits per heavy atom. The Balaban J connectivity index is 5.02. The summed E-state index contributed by atoms with van der Waals surface area (Å²) in [6.07, 6.45) is 8.09. The molecule has 0 aliphatic rings. The number of hydrogen-bond acceptors (Lipinski definition) is 6. The van der Waals surface area contributed by atoms with E-state index in [4.69, 9.17) is 11.2 Å². The summed E-state index contributed by atoms with van der Waals surface area (Å²) in [6, 6.07) is 0. The second-order valence-electron chi connectivity index (χ2n) is 3.92. The first kappa shape index (κ1) is 17.7. The first-order valence-corrected chi connectivity index (χ1v) is 5.83. The summed E-state index contributed by atoms with van der Waals surface area (Å²) in [7, 11) is 2.33. The van der Waals surface area contributed by atoms with Gasteiger partial charge in [0.05, 0.1) is 14.2 Å². The number of terminal acetylenes is 1. The molecule has 0 N–H and O–H groups in total. The van der Waals surface area contributed by atoms with Gasteiger partial charge in [0.25, 0.3) is 0 Å². The molecule has 110 valence electrons. The molecule has 0 aliphatic carbocycles. The number of ether oxygens (including phenoxy) is 3. The van der Waals surface area contributed by atoms with E-state index in [1.807, 2.05) is 0 Å². The van der Waals surface area contributed by atoms with Crippen molar-refractivity contribution in [1.82, 2.24) is 0 Å². The van der Waals surface area contributed by atoms with Crippen LogP contribution in [0.15, 0.2) is 12.2 Å². The lowest BCUT2D eigenvalue weighted by atomic mass is 9.81. The van der Waals surface area contributed by atoms with Gasteiger partial charge in [0.1, 0.15) is 6.61 Å². The second-order valence-corrected chi connectivity index (χ2v) is 3.92. The molecule has 6 nitrogen and oxygen atoms in total. The molecule has 0 fully saturated rings. The highest BCUT2D eigenvalue weighted by atomic mass is 16.5. The summed E-state index contributed by atoms with van der Waals surface area (Å²) < 4.78 is 14.0. The van der Waals surface area contributed by atoms with Gasteiger partial charge in [-0.3, -0.25) is 14.4 Å². The fraction of sp³-hybridized carbons (Fsp3) is 0.500. The van der Waals surface area contributed by atoms with E-state index >= 15 is 0 Å². The molecule has 0 amide bonds. The van der Waals surface area contributed by atoms with Crippen molar-refractivity contribution in [2.45, 2.75) is 19.8 Å². The molecule has 0 spiro atoms. The van der Waals surface area contributed by atoms with Crippen LogP contribution in [0.25, 0.3) is 0 Å². The summed E-state index contributed by atoms with van der Waals surface area (Å²) >= 11 is 0. The van der Waals surface area contributed by atoms with Crippen LogP contribution in [-0.4, -0.2) is 38.7 Å². The smallest absolute Gasteiger partial charge is 0.324 e. The lowest BCUT2D eigenvalue weighted by Crippen LogP contribution is -2.40. The number of carbonyl (C=O) groups excluding carboxylic acids is 3. The first-order valence-electron chi connectivity index (χ1n) is 5.83. The average molecular weight is 282 g/mol. The monoisotopic (exact) mass is 282 g/mol. The number of hydrogen-bond donors (Lipinski definition) is 0. The Bertz CT molecular complexity index is 413. The largest absolute Gasteiger partial charge is 0.468 e. The van der Waals surface area contributed by atoms with Gasteiger partial charge < -0.3 is 14.2 Å². The molecule has 0 saturated heterocycles. The van der Waals surface area contributed by atoms with Gasteiger partial charge in [-0.15, -0.1) is 12.3 Å². The normalized spacial score (nSPS) is 10.7. The molecule has 0 aliphatic heterocycles. The molecule has 0 radical (unpaired) electrons. The van der Waals surface area contributed by atoms with Crippen LogP contribution in [0.2, 0.25) is 0 Å². The molecule has 0 heterocycles. The minimum atomic E-state index is -1.58. The highest BCUT2D eigenvalue weighted by Gasteiger charge is 2.46. The quantitative estimate of drug-likeness (QED) is 0.226. The molecular weight excluding hydrogens is 264 g/mol. The van der Waals surface area contributed by atoms with Crippen LogP contribution < -0.4 is 0 Å². The molecule has 0 aromatic carbocycles. The summed E-state index contributed by atoms with van der Waals surface area (Å²) in [5.74, 6) is 0.323. The summed E-state index contributed by atoms with van der Waals surface area (Å²) in [4.78, 5) is 34.3. The van der Waals surface area contributed by atoms with Crippen LogP contribution in [0.5, 0.6) is 0 Å². The Kier molecular flexibility index (Phi) is 7.75. The van der Waals surface area contributed by atoms with Crippen LogP contribution >= 0.6 is 0 Å². The van der Waals surface area contributed by atoms with Crippen molar-refractivity contribution in [3.8, 4) is 12.3 Å². The Morgan fingerprint density at radius 1 is 1.15 bits per heavy atom. The zero-order chi connectivity index (χ0) is 15.6. The maximum Gasteiger partial charge on any atom is 0.324 e. The summed E-state index contributed by atoms with van der Waals surface area (Å²) in [5, 5.41) is 0. The molecule has 0 aromatic rings. The van der Waals surface area contributed by atoms with E-state index in [0.717, 1.165) is 0 Å². The summed E-state index contributed by atoms with van der Waals surface area (Å²) in [6.45, 7) is 1.32. The van der Waals surface area contributed by atoms with Gasteiger partial charge in [-0.2, -0.15) is 0 Å². The standard InChI is InChI=1S/C14H18O6/c1-5-8-14(12(16)18-3,13(17)19-4)9-6-7-10-20-11(2)15/h1,6-7H,8-10H2,2-4H3/b7-6+. The van der Waals surface area contributed by atoms with Crippen LogP contribution in [-0.2, 0) is 28.6 Å². The van der Waals surface area contributed by atoms with Crippen LogP contribution in [0.3, 0.4) is 0 Å². The van der Waals surface area contributed by atoms with E-state index in [-0.39, 0.29) is 19.4 Å². The van der Waals surface area contributed by atoms with Gasteiger partial charge in [-0.05, 0) is 6.42 Å². The third-order valence-electron chi connectivity index (χ3n) is 2.57. The van der Waals surface area contributed by atoms with Crippen LogP contribution in [0.1, 0.15) is 19.8 Å². The maximum absolute atomic E-state index is 11.9. The van der Waals surface area contributed by atoms with E-state index in [1.54, 1.807) is 0 Å². The SMILES string of the molecule is C#CCC(C/C=C/COC(C)=O)(C(=O)OC)C(=O)OC. The van der Waals surface area contributed by atoms with Crippen molar-refractivity contribution >= 4 is 17.9 Å². The Labute approximate surface area is 118 Å². The van der Waals surface area contributed by atoms with Crippen molar-refractivity contribution in [3.63, 3.8) is 0 Å². The van der Waals surface area contributed by atoms with Crippen molar-refractivity contribution in [2.75, 3.05) is 20.8 Å². The highest BCUT2D eigenvalue weighted by molar-refractivity contribution is 6.00. The molecule has 6 heteroatoms. The molecule has 0 unspecified atom stereocenters. The van der Waals surface area contributed by atoms with Crippen LogP contribution in [0, 0.1) is 17.8 Å². The predicted molar refractivity (Wildman–Crippen MR) is 70.3 cm³/mol. The number of esters is 3. The van der Waals surface area contributed by atoms with E-state index in [9.17, 15) is 14.4 Å². The molecule has 0 atom stereocenters. The van der Waals surface area contributed by atoms with Crippen molar-refractivity contribution in [2.24, 2.45) is 5.41 Å². The molecule has 0 saturated carbocycles. The molecule has 0 rings (SSSR count). The number of rotatable bonds is 7. The zero-order valence-electron chi connectivity index (χ0n) is 11.8. The number of methoxy groups -OCH3 is 2. The second kappa shape index (κ2) is 8.75. The number of allylic oxidation sites excluding steroid dienone is 1. The lowest BCUT2D eigenvalue weighted by molar-refractivity contribution is -0.168. The Hall–Kier alpha value is -2.29. The highest BCUT2D eigenvalue weighted by Crippen LogP contribution is 2.30. The molecule has 0 aromatic heterocycles. The average Bonchev–Trinajstić information content (AvgIpc) is 2.43. The first-order chi connectivity index (χ1) is 9.44. The van der Waals surface area contributed by atoms with Gasteiger partial charge in [0.2, 0.25) is 0 Å². The molecule has 20 heavy (non-hydrogen) atoms. The van der Waals surface area contributed by atoms with Gasteiger partial charge >= 0.3 is 17.9 Å². The zero-order valence-corrected chi connectivity index (χ0v) is 11.8. The fourth-order valence-electron chi connectivity index (χ4n) is 1.55. The topological polar surface area (TPSA) is 78.9 Å². The fourth-order valence-corrected chi connectivity index (χ4v) is 1.55. The minimum absolute atomic E-state index is 0.00217. The van der Waals surface area contributed by atoms with Crippen molar-refractivity contribution in [1.29, 1.82) is 0 Å². The number of carbonyl (C=O) groups is 3. The minimum Gasteiger partial charge on any atom is -0.468 e. The Morgan fingerprint density at radius 2 is 1.70 bits per heavy atom. The molecular formula is C14H18O6. The van der Waals surface area contributed by atoms with Gasteiger partial charge in [-0.25, -0.2) is 0 Å². The van der Waals surface area contributed by atoms with Crippen molar-refractivity contribution < 1.29 is 28.6 Å². The van der Waals surface area contributed by atoms with E-state index in [2.05, 4.69) is 15.4 Å². The van der Waals surface area contributed by atoms with E-state index in [1.165, 1.54) is 33.3 Å². The van der Waals surface area contributed by atoms with Gasteiger partial charge in [0.15, 0.2) is 5.41 Å². The lowest BCUT2D eigenvalue weighted by Gasteiger charge is -2.24. The van der Waals surface area contributed by atoms with E-state index < -0.39 is 23.3 Å². The predicted octanol–water partition coefficient (Wildman–Crippen LogP) is 0.851. The van der Waals surface area contributed by atoms with Gasteiger partial charge in [-0.1, -0.05) is 12.2 Å². The van der Waals surface area contributed by atoms with Crippen molar-refractivity contribution in [3.05, 3.63) is 12.2 Å². The summed E-state index contributed by atoms with van der Waals surface area (Å²) in [5.41, 5.74) is -1.58. The third kappa shape index (κ3) is 4.76. The van der Waals surface area contributed by atoms with E-state index in [0.29, 0.717) is 0 Å². The van der Waals surface area contributed by atoms with Gasteiger partial charge in [0, 0.05) is 13.3 Å².